The minimum absolute atomic E-state index is 0.742. The Morgan fingerprint density at radius 3 is 1.67 bits per heavy atom. The van der Waals surface area contributed by atoms with Crippen LogP contribution in [0.5, 0.6) is 0 Å². The Kier molecular flexibility index (Phi) is 4.87. The summed E-state index contributed by atoms with van der Waals surface area (Å²) in [6, 6.07) is 11.0. The highest BCUT2D eigenvalue weighted by Crippen LogP contribution is 2.29. The van der Waals surface area contributed by atoms with Gasteiger partial charge in [0.1, 0.15) is 0 Å². The van der Waals surface area contributed by atoms with Gasteiger partial charge in [0.05, 0.1) is 0 Å². The van der Waals surface area contributed by atoms with E-state index in [0.29, 0.717) is 0 Å². The van der Waals surface area contributed by atoms with Crippen molar-refractivity contribution in [2.45, 2.75) is 46.5 Å². The number of hydrogen-bond donors (Lipinski definition) is 0. The van der Waals surface area contributed by atoms with Crippen molar-refractivity contribution in [3.05, 3.63) is 35.9 Å². The Bertz CT molecular complexity index is 249. The van der Waals surface area contributed by atoms with Crippen LogP contribution in [0.1, 0.15) is 52.0 Å². The molecule has 15 heavy (non-hydrogen) atoms. The maximum Gasteiger partial charge on any atom is -0.0157 e. The Labute approximate surface area is 94.7 Å². The minimum atomic E-state index is 0.742. The van der Waals surface area contributed by atoms with Crippen molar-refractivity contribution in [2.24, 2.45) is 11.8 Å². The van der Waals surface area contributed by atoms with E-state index in [9.17, 15) is 0 Å². The number of benzene rings is 1. The third-order valence-corrected chi connectivity index (χ3v) is 2.78. The van der Waals surface area contributed by atoms with E-state index in [1.165, 1.54) is 18.4 Å². The Balaban J connectivity index is 2.72. The molecular weight excluding hydrogens is 180 g/mol. The molecule has 1 aromatic rings. The van der Waals surface area contributed by atoms with Gasteiger partial charge >= 0.3 is 0 Å². The fourth-order valence-corrected chi connectivity index (χ4v) is 2.23. The maximum absolute atomic E-state index is 2.32. The van der Waals surface area contributed by atoms with Crippen LogP contribution in [0, 0.1) is 11.8 Å². The van der Waals surface area contributed by atoms with Gasteiger partial charge in [-0.2, -0.15) is 0 Å². The van der Waals surface area contributed by atoms with Crippen molar-refractivity contribution < 1.29 is 0 Å². The Hall–Kier alpha value is -0.780. The summed E-state index contributed by atoms with van der Waals surface area (Å²) in [5.41, 5.74) is 1.51. The molecule has 0 aliphatic carbocycles. The van der Waals surface area contributed by atoms with Gasteiger partial charge in [0.25, 0.3) is 0 Å². The van der Waals surface area contributed by atoms with Gasteiger partial charge in [-0.25, -0.2) is 0 Å². The van der Waals surface area contributed by atoms with Gasteiger partial charge in [-0.15, -0.1) is 0 Å². The van der Waals surface area contributed by atoms with Crippen LogP contribution < -0.4 is 0 Å². The fraction of sp³-hybridized carbons (Fsp3) is 0.600. The van der Waals surface area contributed by atoms with Crippen LogP contribution in [-0.2, 0) is 0 Å². The van der Waals surface area contributed by atoms with Crippen molar-refractivity contribution in [1.82, 2.24) is 0 Å². The van der Waals surface area contributed by atoms with Gasteiger partial charge < -0.3 is 0 Å². The van der Waals surface area contributed by atoms with E-state index in [1.54, 1.807) is 0 Å². The predicted octanol–water partition coefficient (Wildman–Crippen LogP) is 4.86. The normalized spacial score (nSPS) is 11.7. The molecule has 0 aliphatic heterocycles. The summed E-state index contributed by atoms with van der Waals surface area (Å²) in [5, 5.41) is 0. The fourth-order valence-electron chi connectivity index (χ4n) is 2.23. The molecule has 0 spiro atoms. The van der Waals surface area contributed by atoms with Crippen molar-refractivity contribution in [1.29, 1.82) is 0 Å². The largest absolute Gasteiger partial charge is 0.0628 e. The van der Waals surface area contributed by atoms with Crippen molar-refractivity contribution >= 4 is 0 Å². The maximum atomic E-state index is 2.32. The molecule has 0 N–H and O–H groups in total. The summed E-state index contributed by atoms with van der Waals surface area (Å²) in [5.74, 6) is 2.31. The first-order valence-electron chi connectivity index (χ1n) is 6.14. The molecule has 1 rings (SSSR count). The van der Waals surface area contributed by atoms with Crippen LogP contribution >= 0.6 is 0 Å². The molecule has 0 bridgehead atoms. The molecule has 0 fully saturated rings. The minimum Gasteiger partial charge on any atom is -0.0628 e. The molecular formula is C15H24. The zero-order valence-electron chi connectivity index (χ0n) is 10.5. The zero-order valence-corrected chi connectivity index (χ0v) is 10.5. The summed E-state index contributed by atoms with van der Waals surface area (Å²) >= 11 is 0. The van der Waals surface area contributed by atoms with E-state index in [1.807, 2.05) is 0 Å². The van der Waals surface area contributed by atoms with Crippen LogP contribution in [0.2, 0.25) is 0 Å². The van der Waals surface area contributed by atoms with E-state index in [2.05, 4.69) is 58.0 Å². The van der Waals surface area contributed by atoms with Crippen LogP contribution in [0.4, 0.5) is 0 Å². The van der Waals surface area contributed by atoms with Gasteiger partial charge in [-0.05, 0) is 36.2 Å². The molecule has 0 heteroatoms. The topological polar surface area (TPSA) is 0 Å². The first-order valence-corrected chi connectivity index (χ1v) is 6.14. The van der Waals surface area contributed by atoms with E-state index in [0.717, 1.165) is 17.8 Å². The number of hydrogen-bond acceptors (Lipinski definition) is 0. The summed E-state index contributed by atoms with van der Waals surface area (Å²) in [7, 11) is 0. The lowest BCUT2D eigenvalue weighted by Crippen LogP contribution is -2.06. The van der Waals surface area contributed by atoms with E-state index in [4.69, 9.17) is 0 Å². The third-order valence-electron chi connectivity index (χ3n) is 2.78. The zero-order chi connectivity index (χ0) is 11.3. The van der Waals surface area contributed by atoms with Gasteiger partial charge in [0, 0.05) is 0 Å². The highest BCUT2D eigenvalue weighted by molar-refractivity contribution is 5.19. The summed E-state index contributed by atoms with van der Waals surface area (Å²) in [4.78, 5) is 0. The third kappa shape index (κ3) is 4.51. The standard InChI is InChI=1S/C15H24/c1-12(2)10-15(11-13(3)4)14-8-6-5-7-9-14/h5-9,12-13,15H,10-11H2,1-4H3. The molecule has 0 saturated carbocycles. The molecule has 0 nitrogen and oxygen atoms in total. The van der Waals surface area contributed by atoms with Crippen LogP contribution in [0.25, 0.3) is 0 Å². The molecule has 84 valence electrons. The summed E-state index contributed by atoms with van der Waals surface area (Å²) < 4.78 is 0. The van der Waals surface area contributed by atoms with Crippen molar-refractivity contribution in [3.63, 3.8) is 0 Å². The van der Waals surface area contributed by atoms with Crippen LogP contribution in [0.15, 0.2) is 30.3 Å². The average Bonchev–Trinajstić information content (AvgIpc) is 2.17. The first-order chi connectivity index (χ1) is 7.09. The molecule has 0 aliphatic rings. The average molecular weight is 204 g/mol. The Morgan fingerprint density at radius 1 is 0.800 bits per heavy atom. The highest BCUT2D eigenvalue weighted by atomic mass is 14.2. The smallest absolute Gasteiger partial charge is 0.0157 e. The van der Waals surface area contributed by atoms with E-state index >= 15 is 0 Å². The lowest BCUT2D eigenvalue weighted by Gasteiger charge is -2.21. The molecule has 0 aromatic heterocycles. The molecule has 1 aromatic carbocycles. The Morgan fingerprint density at radius 2 is 1.27 bits per heavy atom. The predicted molar refractivity (Wildman–Crippen MR) is 68.1 cm³/mol. The van der Waals surface area contributed by atoms with Crippen molar-refractivity contribution in [2.75, 3.05) is 0 Å². The second-order valence-corrected chi connectivity index (χ2v) is 5.37. The summed E-state index contributed by atoms with van der Waals surface area (Å²) in [6.07, 6.45) is 2.62. The van der Waals surface area contributed by atoms with Crippen LogP contribution in [-0.4, -0.2) is 0 Å². The molecule has 0 atom stereocenters. The molecule has 0 radical (unpaired) electrons. The summed E-state index contributed by atoms with van der Waals surface area (Å²) in [6.45, 7) is 9.26. The lowest BCUT2D eigenvalue weighted by molar-refractivity contribution is 0.424. The van der Waals surface area contributed by atoms with Gasteiger partial charge in [-0.3, -0.25) is 0 Å². The van der Waals surface area contributed by atoms with Crippen molar-refractivity contribution in [3.8, 4) is 0 Å². The molecule has 0 heterocycles. The SMILES string of the molecule is CC(C)CC(CC(C)C)c1ccccc1. The van der Waals surface area contributed by atoms with E-state index < -0.39 is 0 Å². The van der Waals surface area contributed by atoms with Crippen LogP contribution in [0.3, 0.4) is 0 Å². The van der Waals surface area contributed by atoms with E-state index in [-0.39, 0.29) is 0 Å². The highest BCUT2D eigenvalue weighted by Gasteiger charge is 2.14. The molecule has 0 amide bonds. The monoisotopic (exact) mass is 204 g/mol. The molecule has 0 unspecified atom stereocenters. The number of rotatable bonds is 5. The van der Waals surface area contributed by atoms with Gasteiger partial charge in [-0.1, -0.05) is 58.0 Å². The quantitative estimate of drug-likeness (QED) is 0.642. The molecule has 0 saturated heterocycles. The van der Waals surface area contributed by atoms with Gasteiger partial charge in [0.15, 0.2) is 0 Å². The lowest BCUT2D eigenvalue weighted by atomic mass is 9.84. The first kappa shape index (κ1) is 12.3. The van der Waals surface area contributed by atoms with Gasteiger partial charge in [0.2, 0.25) is 0 Å². The second-order valence-electron chi connectivity index (χ2n) is 5.37. The second kappa shape index (κ2) is 5.95.